The summed E-state index contributed by atoms with van der Waals surface area (Å²) in [6.07, 6.45) is 2.72. The fourth-order valence-electron chi connectivity index (χ4n) is 8.49. The first-order valence-corrected chi connectivity index (χ1v) is 7.87. The third-order valence-electron chi connectivity index (χ3n) is 8.49. The van der Waals surface area contributed by atoms with Crippen molar-refractivity contribution in [3.8, 4) is 0 Å². The van der Waals surface area contributed by atoms with E-state index in [0.29, 0.717) is 23.7 Å². The van der Waals surface area contributed by atoms with Gasteiger partial charge in [0.25, 0.3) is 0 Å². The van der Waals surface area contributed by atoms with Gasteiger partial charge in [-0.3, -0.25) is 9.59 Å². The lowest BCUT2D eigenvalue weighted by Gasteiger charge is -2.24. The van der Waals surface area contributed by atoms with Crippen molar-refractivity contribution in [1.82, 2.24) is 0 Å². The Balaban J connectivity index is 1.61. The highest BCUT2D eigenvalue weighted by Crippen LogP contribution is 2.86. The van der Waals surface area contributed by atoms with Crippen LogP contribution in [0.1, 0.15) is 12.8 Å². The van der Waals surface area contributed by atoms with Crippen molar-refractivity contribution in [2.45, 2.75) is 12.8 Å². The molecule has 8 rings (SSSR count). The summed E-state index contributed by atoms with van der Waals surface area (Å²) in [6.45, 7) is 0. The predicted octanol–water partition coefficient (Wildman–Crippen LogP) is 1.39. The highest BCUT2D eigenvalue weighted by atomic mass is 16.2. The molecule has 0 aromatic rings. The molecule has 0 saturated heterocycles. The Morgan fingerprint density at radius 3 is 1.22 bits per heavy atom. The molecule has 0 heterocycles. The molecule has 2 nitrogen and oxygen atoms in total. The van der Waals surface area contributed by atoms with E-state index in [1.807, 2.05) is 0 Å². The predicted molar refractivity (Wildman–Crippen MR) is 61.1 cm³/mol. The maximum Gasteiger partial charge on any atom is 0.202 e. The zero-order valence-electron chi connectivity index (χ0n) is 10.2. The van der Waals surface area contributed by atoms with Crippen LogP contribution in [0.25, 0.3) is 0 Å². The van der Waals surface area contributed by atoms with Crippen LogP contribution in [0.4, 0.5) is 0 Å². The molecule has 92 valence electrons. The summed E-state index contributed by atoms with van der Waals surface area (Å²) in [5.41, 5.74) is 0. The number of hydrogen-bond acceptors (Lipinski definition) is 2. The first kappa shape index (κ1) is 8.50. The number of carbonyl (C=O) groups excluding carboxylic acids is 2. The second kappa shape index (κ2) is 2.05. The number of fused-ring (bicyclic) bond motifs is 3. The molecular formula is C16H16O2. The van der Waals surface area contributed by atoms with Gasteiger partial charge in [-0.05, 0) is 72.0 Å². The van der Waals surface area contributed by atoms with E-state index in [1.165, 1.54) is 12.8 Å². The van der Waals surface area contributed by atoms with Crippen molar-refractivity contribution in [2.75, 3.05) is 0 Å². The van der Waals surface area contributed by atoms with Crippen LogP contribution >= 0.6 is 0 Å². The maximum absolute atomic E-state index is 12.6. The standard InChI is InChI=1S/C16H16O2/c17-15-13-7-3-1-4(3)8-11(7)12-9(13)5-2-6(5)10(12)14(8)16(15)18/h3-14H,1-2H2/t3-,4+,5-,6+,7-,8-,9+,10-,11?,12?,13?,14?/m0/s1. The number of hydrogen-bond donors (Lipinski definition) is 0. The summed E-state index contributed by atoms with van der Waals surface area (Å²) in [7, 11) is 0. The molecule has 0 aromatic heterocycles. The fourth-order valence-corrected chi connectivity index (χ4v) is 8.49. The second-order valence-electron chi connectivity index (χ2n) is 8.37. The van der Waals surface area contributed by atoms with E-state index in [2.05, 4.69) is 0 Å². The third-order valence-corrected chi connectivity index (χ3v) is 8.49. The van der Waals surface area contributed by atoms with Crippen LogP contribution < -0.4 is 0 Å². The zero-order valence-corrected chi connectivity index (χ0v) is 10.2. The maximum atomic E-state index is 12.6. The van der Waals surface area contributed by atoms with E-state index in [1.54, 1.807) is 0 Å². The summed E-state index contributed by atoms with van der Waals surface area (Å²) < 4.78 is 0. The molecular weight excluding hydrogens is 224 g/mol. The van der Waals surface area contributed by atoms with Crippen LogP contribution in [-0.4, -0.2) is 11.6 Å². The number of ketones is 2. The Bertz CT molecular complexity index is 483. The fraction of sp³-hybridized carbons (Fsp3) is 0.875. The van der Waals surface area contributed by atoms with E-state index in [0.717, 1.165) is 35.5 Å². The van der Waals surface area contributed by atoms with E-state index in [-0.39, 0.29) is 23.4 Å². The summed E-state index contributed by atoms with van der Waals surface area (Å²) >= 11 is 0. The van der Waals surface area contributed by atoms with Crippen LogP contribution in [-0.2, 0) is 9.59 Å². The second-order valence-corrected chi connectivity index (χ2v) is 8.37. The van der Waals surface area contributed by atoms with Gasteiger partial charge in [0.1, 0.15) is 0 Å². The van der Waals surface area contributed by atoms with Crippen molar-refractivity contribution in [3.63, 3.8) is 0 Å². The van der Waals surface area contributed by atoms with Crippen molar-refractivity contribution < 1.29 is 9.59 Å². The Kier molecular flexibility index (Phi) is 0.967. The summed E-state index contributed by atoms with van der Waals surface area (Å²) in [5, 5.41) is 0. The molecule has 0 amide bonds. The van der Waals surface area contributed by atoms with Gasteiger partial charge in [0.15, 0.2) is 0 Å². The molecule has 0 radical (unpaired) electrons. The van der Waals surface area contributed by atoms with E-state index < -0.39 is 0 Å². The van der Waals surface area contributed by atoms with Gasteiger partial charge in [0.2, 0.25) is 11.6 Å². The molecule has 8 aliphatic rings. The highest BCUT2D eigenvalue weighted by molar-refractivity contribution is 6.39. The van der Waals surface area contributed by atoms with Crippen LogP contribution in [0.5, 0.6) is 0 Å². The van der Waals surface area contributed by atoms with E-state index >= 15 is 0 Å². The van der Waals surface area contributed by atoms with Crippen molar-refractivity contribution in [2.24, 2.45) is 71.0 Å². The molecule has 2 heteroatoms. The smallest absolute Gasteiger partial charge is 0.202 e. The van der Waals surface area contributed by atoms with Gasteiger partial charge in [0, 0.05) is 11.8 Å². The number of rotatable bonds is 0. The third kappa shape index (κ3) is 0.556. The van der Waals surface area contributed by atoms with Gasteiger partial charge in [-0.15, -0.1) is 0 Å². The minimum Gasteiger partial charge on any atom is -0.291 e. The number of Topliss-reactive ketones (excluding diaryl/α,β-unsaturated/α-hetero) is 2. The quantitative estimate of drug-likeness (QED) is 0.600. The molecule has 12 atom stereocenters. The lowest BCUT2D eigenvalue weighted by molar-refractivity contribution is -0.143. The minimum atomic E-state index is 0.100. The Morgan fingerprint density at radius 2 is 0.889 bits per heavy atom. The lowest BCUT2D eigenvalue weighted by atomic mass is 9.77. The van der Waals surface area contributed by atoms with E-state index in [9.17, 15) is 9.59 Å². The molecule has 18 heavy (non-hydrogen) atoms. The minimum absolute atomic E-state index is 0.100. The largest absolute Gasteiger partial charge is 0.291 e. The van der Waals surface area contributed by atoms with Gasteiger partial charge in [0.05, 0.1) is 0 Å². The zero-order chi connectivity index (χ0) is 11.5. The van der Waals surface area contributed by atoms with Gasteiger partial charge in [-0.2, -0.15) is 0 Å². The van der Waals surface area contributed by atoms with Gasteiger partial charge < -0.3 is 0 Å². The Labute approximate surface area is 105 Å². The van der Waals surface area contributed by atoms with Gasteiger partial charge in [-0.25, -0.2) is 0 Å². The summed E-state index contributed by atoms with van der Waals surface area (Å²) in [6, 6.07) is 0. The number of carbonyl (C=O) groups is 2. The van der Waals surface area contributed by atoms with Crippen LogP contribution in [0, 0.1) is 71.0 Å². The average Bonchev–Trinajstić information content (AvgIpc) is 3.19. The highest BCUT2D eigenvalue weighted by Gasteiger charge is 2.85. The lowest BCUT2D eigenvalue weighted by Crippen LogP contribution is -2.37. The molecule has 8 bridgehead atoms. The average molecular weight is 240 g/mol. The molecule has 8 fully saturated rings. The first-order chi connectivity index (χ1) is 8.79. The summed E-state index contributed by atoms with van der Waals surface area (Å²) in [4.78, 5) is 25.2. The SMILES string of the molecule is O=C1C(=O)C2[C@@H]3C4C5[C@H](C1[C@H]4[C@H]1C[C@@H]31)[C@H]1C[C@H]1[C@@H]52. The molecule has 4 unspecified atom stereocenters. The molecule has 0 aliphatic heterocycles. The van der Waals surface area contributed by atoms with Crippen LogP contribution in [0.3, 0.4) is 0 Å². The molecule has 8 aliphatic carbocycles. The van der Waals surface area contributed by atoms with Gasteiger partial charge >= 0.3 is 0 Å². The Hall–Kier alpha value is -0.660. The van der Waals surface area contributed by atoms with Crippen LogP contribution in [0.15, 0.2) is 0 Å². The summed E-state index contributed by atoms with van der Waals surface area (Å²) in [5.74, 6) is 8.41. The Morgan fingerprint density at radius 1 is 0.556 bits per heavy atom. The van der Waals surface area contributed by atoms with E-state index in [4.69, 9.17) is 0 Å². The van der Waals surface area contributed by atoms with Crippen molar-refractivity contribution >= 4 is 11.6 Å². The molecule has 0 N–H and O–H groups in total. The first-order valence-electron chi connectivity index (χ1n) is 7.87. The van der Waals surface area contributed by atoms with Gasteiger partial charge in [-0.1, -0.05) is 0 Å². The van der Waals surface area contributed by atoms with Crippen LogP contribution in [0.2, 0.25) is 0 Å². The van der Waals surface area contributed by atoms with Crippen molar-refractivity contribution in [3.05, 3.63) is 0 Å². The topological polar surface area (TPSA) is 34.1 Å². The van der Waals surface area contributed by atoms with Crippen molar-refractivity contribution in [1.29, 1.82) is 0 Å². The normalized spacial score (nSPS) is 78.9. The monoisotopic (exact) mass is 240 g/mol. The molecule has 0 spiro atoms. The molecule has 0 aromatic carbocycles. The molecule has 8 saturated carbocycles.